The minimum Gasteiger partial charge on any atom is -0.347 e. The van der Waals surface area contributed by atoms with Crippen molar-refractivity contribution in [3.63, 3.8) is 0 Å². The normalized spacial score (nSPS) is 10.1. The first kappa shape index (κ1) is 13.9. The van der Waals surface area contributed by atoms with Crippen LogP contribution in [-0.2, 0) is 11.3 Å². The van der Waals surface area contributed by atoms with Crippen LogP contribution in [0.15, 0.2) is 24.3 Å². The Morgan fingerprint density at radius 2 is 2.05 bits per heavy atom. The molecule has 0 aliphatic rings. The first-order chi connectivity index (χ1) is 9.66. The van der Waals surface area contributed by atoms with Gasteiger partial charge in [0.15, 0.2) is 5.82 Å². The summed E-state index contributed by atoms with van der Waals surface area (Å²) in [6, 6.07) is 6.59. The van der Waals surface area contributed by atoms with Crippen LogP contribution < -0.4 is 10.6 Å². The molecule has 104 valence electrons. The summed E-state index contributed by atoms with van der Waals surface area (Å²) in [4.78, 5) is 23.3. The van der Waals surface area contributed by atoms with E-state index in [0.717, 1.165) is 0 Å². The number of hydrogen-bond acceptors (Lipinski definition) is 5. The number of halogens is 1. The van der Waals surface area contributed by atoms with Crippen LogP contribution in [0, 0.1) is 0 Å². The lowest BCUT2D eigenvalue weighted by Crippen LogP contribution is -2.36. The van der Waals surface area contributed by atoms with Crippen LogP contribution in [0.1, 0.15) is 16.2 Å². The Hall–Kier alpha value is -2.48. The topological polar surface area (TPSA) is 113 Å². The van der Waals surface area contributed by atoms with Crippen LogP contribution in [0.4, 0.5) is 0 Å². The van der Waals surface area contributed by atoms with Gasteiger partial charge in [0.1, 0.15) is 0 Å². The van der Waals surface area contributed by atoms with Crippen molar-refractivity contribution in [3.05, 3.63) is 40.7 Å². The maximum atomic E-state index is 11.8. The molecule has 1 aromatic carbocycles. The molecule has 0 saturated heterocycles. The predicted octanol–water partition coefficient (Wildman–Crippen LogP) is -0.101. The number of rotatable bonds is 5. The van der Waals surface area contributed by atoms with E-state index in [1.165, 1.54) is 0 Å². The van der Waals surface area contributed by atoms with E-state index in [0.29, 0.717) is 16.4 Å². The standard InChI is InChI=1S/C11H11ClN6O2/c12-8-4-2-1-3-7(8)11(20)14-6-10(19)13-5-9-15-17-18-16-9/h1-4H,5-6H2,(H,13,19)(H,14,20)(H,15,16,17,18). The van der Waals surface area contributed by atoms with Gasteiger partial charge >= 0.3 is 0 Å². The molecule has 20 heavy (non-hydrogen) atoms. The number of aromatic amines is 1. The molecule has 0 radical (unpaired) electrons. The van der Waals surface area contributed by atoms with Crippen molar-refractivity contribution in [2.45, 2.75) is 6.54 Å². The van der Waals surface area contributed by atoms with Gasteiger partial charge in [-0.2, -0.15) is 5.21 Å². The Bertz CT molecular complexity index is 601. The van der Waals surface area contributed by atoms with Gasteiger partial charge in [-0.25, -0.2) is 0 Å². The van der Waals surface area contributed by atoms with Gasteiger partial charge in [-0.05, 0) is 12.1 Å². The van der Waals surface area contributed by atoms with E-state index >= 15 is 0 Å². The van der Waals surface area contributed by atoms with Crippen molar-refractivity contribution >= 4 is 23.4 Å². The summed E-state index contributed by atoms with van der Waals surface area (Å²) >= 11 is 5.87. The number of nitrogens with zero attached hydrogens (tertiary/aromatic N) is 3. The van der Waals surface area contributed by atoms with E-state index in [9.17, 15) is 9.59 Å². The largest absolute Gasteiger partial charge is 0.347 e. The molecule has 0 aliphatic carbocycles. The highest BCUT2D eigenvalue weighted by molar-refractivity contribution is 6.33. The van der Waals surface area contributed by atoms with Gasteiger partial charge in [0.2, 0.25) is 5.91 Å². The van der Waals surface area contributed by atoms with Gasteiger partial charge in [-0.15, -0.1) is 10.2 Å². The van der Waals surface area contributed by atoms with Crippen LogP contribution in [0.3, 0.4) is 0 Å². The van der Waals surface area contributed by atoms with Gasteiger partial charge in [-0.3, -0.25) is 9.59 Å². The average Bonchev–Trinajstić information content (AvgIpc) is 2.96. The van der Waals surface area contributed by atoms with E-state index in [2.05, 4.69) is 31.3 Å². The van der Waals surface area contributed by atoms with Crippen molar-refractivity contribution in [2.24, 2.45) is 0 Å². The molecule has 2 rings (SSSR count). The molecule has 2 aromatic rings. The summed E-state index contributed by atoms with van der Waals surface area (Å²) in [5.74, 6) is -0.420. The third-order valence-electron chi connectivity index (χ3n) is 2.36. The summed E-state index contributed by atoms with van der Waals surface area (Å²) < 4.78 is 0. The first-order valence-electron chi connectivity index (χ1n) is 5.68. The quantitative estimate of drug-likeness (QED) is 0.713. The lowest BCUT2D eigenvalue weighted by Gasteiger charge is -2.06. The zero-order chi connectivity index (χ0) is 14.4. The third kappa shape index (κ3) is 3.75. The molecule has 0 spiro atoms. The number of tetrazole rings is 1. The Morgan fingerprint density at radius 3 is 2.75 bits per heavy atom. The highest BCUT2D eigenvalue weighted by Gasteiger charge is 2.11. The molecule has 0 bridgehead atoms. The monoisotopic (exact) mass is 294 g/mol. The van der Waals surface area contributed by atoms with Gasteiger partial charge in [-0.1, -0.05) is 28.9 Å². The van der Waals surface area contributed by atoms with E-state index in [1.54, 1.807) is 24.3 Å². The second-order valence-corrected chi connectivity index (χ2v) is 4.17. The second kappa shape index (κ2) is 6.62. The Morgan fingerprint density at radius 1 is 1.25 bits per heavy atom. The van der Waals surface area contributed by atoms with Crippen molar-refractivity contribution in [3.8, 4) is 0 Å². The zero-order valence-electron chi connectivity index (χ0n) is 10.3. The van der Waals surface area contributed by atoms with Crippen LogP contribution in [-0.4, -0.2) is 39.0 Å². The van der Waals surface area contributed by atoms with E-state index in [1.807, 2.05) is 0 Å². The molecule has 0 unspecified atom stereocenters. The summed E-state index contributed by atoms with van der Waals surface area (Å²) in [6.45, 7) is -0.0286. The van der Waals surface area contributed by atoms with Gasteiger partial charge in [0, 0.05) is 0 Å². The SMILES string of the molecule is O=C(CNC(=O)c1ccccc1Cl)NCc1nn[nH]n1. The van der Waals surface area contributed by atoms with Crippen molar-refractivity contribution in [2.75, 3.05) is 6.54 Å². The fraction of sp³-hybridized carbons (Fsp3) is 0.182. The minimum atomic E-state index is -0.412. The molecule has 1 aromatic heterocycles. The number of aromatic nitrogens is 4. The fourth-order valence-electron chi connectivity index (χ4n) is 1.40. The van der Waals surface area contributed by atoms with Crippen LogP contribution >= 0.6 is 11.6 Å². The average molecular weight is 295 g/mol. The molecule has 1 heterocycles. The number of carbonyl (C=O) groups excluding carboxylic acids is 2. The second-order valence-electron chi connectivity index (χ2n) is 3.77. The van der Waals surface area contributed by atoms with Crippen molar-refractivity contribution < 1.29 is 9.59 Å². The number of amides is 2. The molecule has 3 N–H and O–H groups in total. The van der Waals surface area contributed by atoms with Crippen LogP contribution in [0.5, 0.6) is 0 Å². The molecule has 8 nitrogen and oxygen atoms in total. The molecule has 0 aliphatic heterocycles. The molecule has 2 amide bonds. The fourth-order valence-corrected chi connectivity index (χ4v) is 1.62. The number of hydrogen-bond donors (Lipinski definition) is 3. The molecule has 0 atom stereocenters. The lowest BCUT2D eigenvalue weighted by molar-refractivity contribution is -0.120. The van der Waals surface area contributed by atoms with E-state index < -0.39 is 5.91 Å². The zero-order valence-corrected chi connectivity index (χ0v) is 11.0. The smallest absolute Gasteiger partial charge is 0.253 e. The van der Waals surface area contributed by atoms with E-state index in [-0.39, 0.29) is 19.0 Å². The van der Waals surface area contributed by atoms with Crippen molar-refractivity contribution in [1.29, 1.82) is 0 Å². The molecule has 0 saturated carbocycles. The van der Waals surface area contributed by atoms with Crippen LogP contribution in [0.25, 0.3) is 0 Å². The molecule has 0 fully saturated rings. The Balaban J connectivity index is 1.78. The maximum Gasteiger partial charge on any atom is 0.253 e. The summed E-state index contributed by atoms with van der Waals surface area (Å²) in [7, 11) is 0. The lowest BCUT2D eigenvalue weighted by atomic mass is 10.2. The highest BCUT2D eigenvalue weighted by Crippen LogP contribution is 2.14. The minimum absolute atomic E-state index is 0.136. The number of benzene rings is 1. The summed E-state index contributed by atoms with van der Waals surface area (Å²) in [5.41, 5.74) is 0.320. The number of carbonyl (C=O) groups is 2. The van der Waals surface area contributed by atoms with Crippen LogP contribution in [0.2, 0.25) is 5.02 Å². The first-order valence-corrected chi connectivity index (χ1v) is 6.06. The highest BCUT2D eigenvalue weighted by atomic mass is 35.5. The summed E-state index contributed by atoms with van der Waals surface area (Å²) in [5, 5.41) is 18.3. The number of H-pyrrole nitrogens is 1. The van der Waals surface area contributed by atoms with E-state index in [4.69, 9.17) is 11.6 Å². The Labute approximate surface area is 118 Å². The third-order valence-corrected chi connectivity index (χ3v) is 2.69. The van der Waals surface area contributed by atoms with Gasteiger partial charge in [0.05, 0.1) is 23.7 Å². The molecule has 9 heteroatoms. The predicted molar refractivity (Wildman–Crippen MR) is 69.8 cm³/mol. The Kier molecular flexibility index (Phi) is 4.61. The number of nitrogens with one attached hydrogen (secondary N) is 3. The molecular formula is C11H11ClN6O2. The maximum absolute atomic E-state index is 11.8. The molecular weight excluding hydrogens is 284 g/mol. The van der Waals surface area contributed by atoms with Crippen molar-refractivity contribution in [1.82, 2.24) is 31.3 Å². The summed E-state index contributed by atoms with van der Waals surface area (Å²) in [6.07, 6.45) is 0. The van der Waals surface area contributed by atoms with Gasteiger partial charge in [0.25, 0.3) is 5.91 Å². The van der Waals surface area contributed by atoms with Gasteiger partial charge < -0.3 is 10.6 Å².